The number of aliphatic hydroxyl groups is 3. The SMILES string of the molecule is N[C@H](C=O)CC(=O)NC[C@H](O)[C@@H](O)[C@H](O)C(=O)O. The summed E-state index contributed by atoms with van der Waals surface area (Å²) in [6, 6.07) is -0.975. The Kier molecular flexibility index (Phi) is 7.05. The average Bonchev–Trinajstić information content (AvgIpc) is 2.33. The Labute approximate surface area is 102 Å². The number of hydrogen-bond donors (Lipinski definition) is 6. The zero-order valence-electron chi connectivity index (χ0n) is 9.39. The molecule has 0 fully saturated rings. The number of nitrogens with two attached hydrogens (primary N) is 1. The van der Waals surface area contributed by atoms with Crippen molar-refractivity contribution in [2.75, 3.05) is 6.54 Å². The van der Waals surface area contributed by atoms with Crippen LogP contribution in [-0.4, -0.2) is 69.5 Å². The molecule has 0 aromatic carbocycles. The molecule has 9 heteroatoms. The van der Waals surface area contributed by atoms with E-state index in [1.165, 1.54) is 0 Å². The molecule has 0 unspecified atom stereocenters. The first-order valence-corrected chi connectivity index (χ1v) is 5.04. The Balaban J connectivity index is 4.09. The molecule has 0 spiro atoms. The quantitative estimate of drug-likeness (QED) is 0.242. The van der Waals surface area contributed by atoms with E-state index in [-0.39, 0.29) is 6.42 Å². The van der Waals surface area contributed by atoms with E-state index in [0.29, 0.717) is 6.29 Å². The molecule has 1 amide bonds. The Morgan fingerprint density at radius 1 is 1.28 bits per heavy atom. The summed E-state index contributed by atoms with van der Waals surface area (Å²) in [6.07, 6.45) is -5.68. The lowest BCUT2D eigenvalue weighted by atomic mass is 10.1. The molecule has 0 saturated carbocycles. The monoisotopic (exact) mass is 264 g/mol. The Morgan fingerprint density at radius 3 is 2.28 bits per heavy atom. The van der Waals surface area contributed by atoms with Gasteiger partial charge in [0.2, 0.25) is 5.91 Å². The van der Waals surface area contributed by atoms with Gasteiger partial charge in [0.05, 0.1) is 6.04 Å². The van der Waals surface area contributed by atoms with Gasteiger partial charge < -0.3 is 36.3 Å². The summed E-state index contributed by atoms with van der Waals surface area (Å²) in [5.74, 6) is -2.35. The van der Waals surface area contributed by atoms with Gasteiger partial charge >= 0.3 is 5.97 Å². The summed E-state index contributed by atoms with van der Waals surface area (Å²) in [6.45, 7) is -0.476. The van der Waals surface area contributed by atoms with Crippen LogP contribution in [0.2, 0.25) is 0 Å². The van der Waals surface area contributed by atoms with Crippen molar-refractivity contribution in [3.05, 3.63) is 0 Å². The van der Waals surface area contributed by atoms with Gasteiger partial charge in [0.1, 0.15) is 18.5 Å². The molecule has 0 aromatic heterocycles. The highest BCUT2D eigenvalue weighted by Gasteiger charge is 2.30. The van der Waals surface area contributed by atoms with E-state index in [2.05, 4.69) is 5.32 Å². The number of carbonyl (C=O) groups excluding carboxylic acids is 2. The molecule has 0 aliphatic heterocycles. The van der Waals surface area contributed by atoms with Crippen molar-refractivity contribution >= 4 is 18.2 Å². The van der Waals surface area contributed by atoms with Crippen molar-refractivity contribution in [3.63, 3.8) is 0 Å². The molecule has 0 aliphatic carbocycles. The van der Waals surface area contributed by atoms with Crippen LogP contribution in [0.15, 0.2) is 0 Å². The first-order valence-electron chi connectivity index (χ1n) is 5.04. The summed E-state index contributed by atoms with van der Waals surface area (Å²) in [7, 11) is 0. The zero-order valence-corrected chi connectivity index (χ0v) is 9.39. The first kappa shape index (κ1) is 16.4. The second kappa shape index (κ2) is 7.71. The lowest BCUT2D eigenvalue weighted by Gasteiger charge is -2.20. The fourth-order valence-corrected chi connectivity index (χ4v) is 1.03. The van der Waals surface area contributed by atoms with Crippen LogP contribution in [0, 0.1) is 0 Å². The van der Waals surface area contributed by atoms with E-state index in [1.54, 1.807) is 0 Å². The van der Waals surface area contributed by atoms with Gasteiger partial charge in [-0.1, -0.05) is 0 Å². The molecular weight excluding hydrogens is 248 g/mol. The summed E-state index contributed by atoms with van der Waals surface area (Å²) in [5, 5.41) is 37.9. The highest BCUT2D eigenvalue weighted by atomic mass is 16.4. The van der Waals surface area contributed by atoms with E-state index in [0.717, 1.165) is 0 Å². The van der Waals surface area contributed by atoms with E-state index >= 15 is 0 Å². The van der Waals surface area contributed by atoms with Crippen LogP contribution >= 0.6 is 0 Å². The zero-order chi connectivity index (χ0) is 14.3. The maximum atomic E-state index is 11.1. The van der Waals surface area contributed by atoms with Crippen molar-refractivity contribution < 1.29 is 34.8 Å². The van der Waals surface area contributed by atoms with E-state index in [1.807, 2.05) is 0 Å². The Bertz CT molecular complexity index is 309. The summed E-state index contributed by atoms with van der Waals surface area (Å²) >= 11 is 0. The van der Waals surface area contributed by atoms with Gasteiger partial charge in [0.25, 0.3) is 0 Å². The Morgan fingerprint density at radius 2 is 1.83 bits per heavy atom. The first-order chi connectivity index (χ1) is 8.29. The molecule has 0 rings (SSSR count). The molecular formula is C9H16N2O7. The third-order valence-corrected chi connectivity index (χ3v) is 2.07. The predicted octanol–water partition coefficient (Wildman–Crippen LogP) is -3.81. The van der Waals surface area contributed by atoms with Crippen LogP contribution in [0.3, 0.4) is 0 Å². The molecule has 7 N–H and O–H groups in total. The molecule has 9 nitrogen and oxygen atoms in total. The van der Waals surface area contributed by atoms with Crippen LogP contribution in [0.1, 0.15) is 6.42 Å². The van der Waals surface area contributed by atoms with Gasteiger partial charge in [-0.05, 0) is 0 Å². The molecule has 0 heterocycles. The number of nitrogens with one attached hydrogen (secondary N) is 1. The van der Waals surface area contributed by atoms with Crippen LogP contribution in [-0.2, 0) is 14.4 Å². The number of carbonyl (C=O) groups is 3. The molecule has 0 radical (unpaired) electrons. The van der Waals surface area contributed by atoms with Crippen molar-refractivity contribution in [1.82, 2.24) is 5.32 Å². The topological polar surface area (TPSA) is 170 Å². The van der Waals surface area contributed by atoms with Crippen molar-refractivity contribution in [1.29, 1.82) is 0 Å². The summed E-state index contributed by atoms with van der Waals surface area (Å²) < 4.78 is 0. The fraction of sp³-hybridized carbons (Fsp3) is 0.667. The van der Waals surface area contributed by atoms with Gasteiger partial charge in [0, 0.05) is 13.0 Å². The number of carboxylic acids is 1. The third kappa shape index (κ3) is 5.68. The van der Waals surface area contributed by atoms with Gasteiger partial charge in [-0.25, -0.2) is 4.79 Å². The van der Waals surface area contributed by atoms with Crippen LogP contribution in [0.4, 0.5) is 0 Å². The highest BCUT2D eigenvalue weighted by molar-refractivity contribution is 5.80. The smallest absolute Gasteiger partial charge is 0.335 e. The second-order valence-corrected chi connectivity index (χ2v) is 3.65. The molecule has 4 atom stereocenters. The average molecular weight is 264 g/mol. The minimum atomic E-state index is -2.16. The lowest BCUT2D eigenvalue weighted by molar-refractivity contribution is -0.157. The van der Waals surface area contributed by atoms with E-state index in [4.69, 9.17) is 15.9 Å². The number of carboxylic acid groups (broad SMARTS) is 1. The van der Waals surface area contributed by atoms with Gasteiger partial charge in [-0.3, -0.25) is 4.79 Å². The fourth-order valence-electron chi connectivity index (χ4n) is 1.03. The standard InChI is InChI=1S/C9H16N2O7/c10-4(3-12)1-6(14)11-2-5(13)7(15)8(16)9(17)18/h3-5,7-8,13,15-16H,1-2,10H2,(H,11,14)(H,17,18)/t4-,5-,7+,8-/m0/s1. The molecule has 0 saturated heterocycles. The number of hydrogen-bond acceptors (Lipinski definition) is 7. The minimum absolute atomic E-state index is 0.298. The number of aliphatic hydroxyl groups excluding tert-OH is 3. The third-order valence-electron chi connectivity index (χ3n) is 2.07. The number of rotatable bonds is 8. The normalized spacial score (nSPS) is 17.3. The van der Waals surface area contributed by atoms with Crippen LogP contribution in [0.5, 0.6) is 0 Å². The minimum Gasteiger partial charge on any atom is -0.479 e. The Hall–Kier alpha value is -1.55. The second-order valence-electron chi connectivity index (χ2n) is 3.65. The van der Waals surface area contributed by atoms with E-state index < -0.39 is 42.8 Å². The highest BCUT2D eigenvalue weighted by Crippen LogP contribution is 2.00. The predicted molar refractivity (Wildman–Crippen MR) is 57.3 cm³/mol. The molecule has 104 valence electrons. The summed E-state index contributed by atoms with van der Waals surface area (Å²) in [4.78, 5) is 31.6. The van der Waals surface area contributed by atoms with Crippen molar-refractivity contribution in [2.24, 2.45) is 5.73 Å². The molecule has 18 heavy (non-hydrogen) atoms. The van der Waals surface area contributed by atoms with Crippen molar-refractivity contribution in [2.45, 2.75) is 30.8 Å². The number of aliphatic carboxylic acids is 1. The summed E-state index contributed by atoms with van der Waals surface area (Å²) in [5.41, 5.74) is 5.17. The number of amides is 1. The van der Waals surface area contributed by atoms with Gasteiger partial charge in [0.15, 0.2) is 6.10 Å². The van der Waals surface area contributed by atoms with Crippen LogP contribution in [0.25, 0.3) is 0 Å². The van der Waals surface area contributed by atoms with Gasteiger partial charge in [-0.15, -0.1) is 0 Å². The maximum absolute atomic E-state index is 11.1. The van der Waals surface area contributed by atoms with Crippen LogP contribution < -0.4 is 11.1 Å². The molecule has 0 aliphatic rings. The maximum Gasteiger partial charge on any atom is 0.335 e. The largest absolute Gasteiger partial charge is 0.479 e. The van der Waals surface area contributed by atoms with Crippen molar-refractivity contribution in [3.8, 4) is 0 Å². The lowest BCUT2D eigenvalue weighted by Crippen LogP contribution is -2.47. The molecule has 0 bridgehead atoms. The molecule has 0 aromatic rings. The van der Waals surface area contributed by atoms with Gasteiger partial charge in [-0.2, -0.15) is 0 Å². The number of aldehydes is 1. The van der Waals surface area contributed by atoms with E-state index in [9.17, 15) is 24.6 Å².